The summed E-state index contributed by atoms with van der Waals surface area (Å²) in [6.07, 6.45) is 0.694. The van der Waals surface area contributed by atoms with Crippen molar-refractivity contribution in [3.8, 4) is 5.75 Å². The zero-order valence-electron chi connectivity index (χ0n) is 16.9. The highest BCUT2D eigenvalue weighted by Crippen LogP contribution is 2.15. The van der Waals surface area contributed by atoms with Gasteiger partial charge in [-0.15, -0.1) is 0 Å². The fourth-order valence-corrected chi connectivity index (χ4v) is 3.13. The fraction of sp³-hybridized carbons (Fsp3) is 0.318. The summed E-state index contributed by atoms with van der Waals surface area (Å²) in [4.78, 5) is 32.8. The van der Waals surface area contributed by atoms with Gasteiger partial charge in [-0.25, -0.2) is 4.98 Å². The van der Waals surface area contributed by atoms with Crippen LogP contribution in [-0.4, -0.2) is 34.9 Å². The molecule has 3 N–H and O–H groups in total. The number of amides is 2. The van der Waals surface area contributed by atoms with Crippen molar-refractivity contribution >= 4 is 28.8 Å². The van der Waals surface area contributed by atoms with E-state index in [9.17, 15) is 9.59 Å². The number of methoxy groups -OCH3 is 1. The maximum Gasteiger partial charge on any atom is 0.249 e. The summed E-state index contributed by atoms with van der Waals surface area (Å²) >= 11 is 0. The number of rotatable bonds is 8. The van der Waals surface area contributed by atoms with Crippen molar-refractivity contribution in [3.63, 3.8) is 0 Å². The van der Waals surface area contributed by atoms with Crippen LogP contribution in [0.4, 0.5) is 5.95 Å². The second-order valence-electron chi connectivity index (χ2n) is 7.37. The first-order valence-electron chi connectivity index (χ1n) is 9.62. The molecule has 1 atom stereocenters. The minimum atomic E-state index is -0.652. The summed E-state index contributed by atoms with van der Waals surface area (Å²) in [7, 11) is 1.58. The molecule has 2 amide bonds. The predicted molar refractivity (Wildman–Crippen MR) is 113 cm³/mol. The van der Waals surface area contributed by atoms with Gasteiger partial charge in [0.25, 0.3) is 0 Å². The third kappa shape index (κ3) is 5.57. The van der Waals surface area contributed by atoms with Gasteiger partial charge in [-0.2, -0.15) is 0 Å². The lowest BCUT2D eigenvalue weighted by atomic mass is 10.0. The number of imidazole rings is 1. The molecule has 0 fully saturated rings. The van der Waals surface area contributed by atoms with Crippen LogP contribution in [0.25, 0.3) is 11.0 Å². The number of hydrogen-bond acceptors (Lipinski definition) is 4. The van der Waals surface area contributed by atoms with Gasteiger partial charge in [0.15, 0.2) is 0 Å². The van der Waals surface area contributed by atoms with Gasteiger partial charge in [-0.1, -0.05) is 38.1 Å². The number of aromatic amines is 1. The SMILES string of the molecule is COc1cccc(CC(=O)N[C@@H](CC(C)C)C(=O)Nc2nc3ccccc3[nH]2)c1. The summed E-state index contributed by atoms with van der Waals surface area (Å²) in [5, 5.41) is 5.64. The molecule has 29 heavy (non-hydrogen) atoms. The molecule has 0 bridgehead atoms. The van der Waals surface area contributed by atoms with Crippen LogP contribution in [0.2, 0.25) is 0 Å². The van der Waals surface area contributed by atoms with Crippen LogP contribution in [-0.2, 0) is 16.0 Å². The number of benzene rings is 2. The van der Waals surface area contributed by atoms with Gasteiger partial charge < -0.3 is 15.0 Å². The number of aromatic nitrogens is 2. The van der Waals surface area contributed by atoms with Crippen LogP contribution in [0.15, 0.2) is 48.5 Å². The molecule has 2 aromatic carbocycles. The maximum atomic E-state index is 12.8. The Labute approximate surface area is 169 Å². The Kier molecular flexibility index (Phi) is 6.49. The molecular weight excluding hydrogens is 368 g/mol. The monoisotopic (exact) mass is 394 g/mol. The van der Waals surface area contributed by atoms with Crippen molar-refractivity contribution in [1.82, 2.24) is 15.3 Å². The number of nitrogens with zero attached hydrogens (tertiary/aromatic N) is 1. The number of carbonyl (C=O) groups excluding carboxylic acids is 2. The van der Waals surface area contributed by atoms with E-state index in [1.54, 1.807) is 7.11 Å². The van der Waals surface area contributed by atoms with Gasteiger partial charge in [0.1, 0.15) is 11.8 Å². The first kappa shape index (κ1) is 20.4. The Hall–Kier alpha value is -3.35. The van der Waals surface area contributed by atoms with Crippen LogP contribution >= 0.6 is 0 Å². The lowest BCUT2D eigenvalue weighted by Gasteiger charge is -2.19. The molecule has 0 spiro atoms. The smallest absolute Gasteiger partial charge is 0.249 e. The standard InChI is InChI=1S/C22H26N4O3/c1-14(2)11-19(23-20(27)13-15-7-6-8-16(12-15)29-3)21(28)26-22-24-17-9-4-5-10-18(17)25-22/h4-10,12,14,19H,11,13H2,1-3H3,(H,23,27)(H2,24,25,26,28)/t19-/m0/s1. The highest BCUT2D eigenvalue weighted by atomic mass is 16.5. The van der Waals surface area contributed by atoms with Crippen LogP contribution in [0.3, 0.4) is 0 Å². The normalized spacial score (nSPS) is 12.0. The van der Waals surface area contributed by atoms with Crippen molar-refractivity contribution in [3.05, 3.63) is 54.1 Å². The molecule has 0 unspecified atom stereocenters. The summed E-state index contributed by atoms with van der Waals surface area (Å²) in [5.74, 6) is 0.780. The van der Waals surface area contributed by atoms with Crippen LogP contribution in [0, 0.1) is 5.92 Å². The number of H-pyrrole nitrogens is 1. The Bertz CT molecular complexity index is 963. The van der Waals surface area contributed by atoms with E-state index in [-0.39, 0.29) is 24.2 Å². The molecule has 0 aliphatic heterocycles. The van der Waals surface area contributed by atoms with Gasteiger partial charge in [0.2, 0.25) is 17.8 Å². The first-order chi connectivity index (χ1) is 13.9. The molecule has 0 saturated heterocycles. The van der Waals surface area contributed by atoms with E-state index in [0.29, 0.717) is 18.1 Å². The number of nitrogens with one attached hydrogen (secondary N) is 3. The van der Waals surface area contributed by atoms with E-state index in [4.69, 9.17) is 4.74 Å². The molecule has 0 aliphatic rings. The van der Waals surface area contributed by atoms with E-state index in [1.807, 2.05) is 62.4 Å². The number of ether oxygens (including phenoxy) is 1. The highest BCUT2D eigenvalue weighted by Gasteiger charge is 2.23. The summed E-state index contributed by atoms with van der Waals surface area (Å²) in [5.41, 5.74) is 2.43. The number of carbonyl (C=O) groups is 2. The molecule has 3 rings (SSSR count). The third-order valence-corrected chi connectivity index (χ3v) is 4.49. The highest BCUT2D eigenvalue weighted by molar-refractivity contribution is 5.97. The van der Waals surface area contributed by atoms with Crippen molar-refractivity contribution in [2.24, 2.45) is 5.92 Å². The van der Waals surface area contributed by atoms with Crippen molar-refractivity contribution in [2.45, 2.75) is 32.7 Å². The van der Waals surface area contributed by atoms with Crippen LogP contribution < -0.4 is 15.4 Å². The van der Waals surface area contributed by atoms with Gasteiger partial charge in [-0.3, -0.25) is 14.9 Å². The molecule has 1 heterocycles. The third-order valence-electron chi connectivity index (χ3n) is 4.49. The summed E-state index contributed by atoms with van der Waals surface area (Å²) in [6, 6.07) is 14.2. The minimum Gasteiger partial charge on any atom is -0.497 e. The minimum absolute atomic E-state index is 0.170. The quantitative estimate of drug-likeness (QED) is 0.546. The number of anilines is 1. The molecule has 7 nitrogen and oxygen atoms in total. The summed E-state index contributed by atoms with van der Waals surface area (Å²) < 4.78 is 5.19. The first-order valence-corrected chi connectivity index (χ1v) is 9.62. The lowest BCUT2D eigenvalue weighted by Crippen LogP contribution is -2.45. The molecular formula is C22H26N4O3. The van der Waals surface area contributed by atoms with Crippen LogP contribution in [0.1, 0.15) is 25.8 Å². The van der Waals surface area contributed by atoms with E-state index >= 15 is 0 Å². The molecule has 1 aromatic heterocycles. The molecule has 7 heteroatoms. The average molecular weight is 394 g/mol. The van der Waals surface area contributed by atoms with Gasteiger partial charge in [0.05, 0.1) is 24.6 Å². The van der Waals surface area contributed by atoms with Crippen molar-refractivity contribution < 1.29 is 14.3 Å². The summed E-state index contributed by atoms with van der Waals surface area (Å²) in [6.45, 7) is 4.02. The number of hydrogen-bond donors (Lipinski definition) is 3. The van der Waals surface area contributed by atoms with Crippen LogP contribution in [0.5, 0.6) is 5.75 Å². The Morgan fingerprint density at radius 3 is 2.66 bits per heavy atom. The predicted octanol–water partition coefficient (Wildman–Crippen LogP) is 3.28. The second-order valence-corrected chi connectivity index (χ2v) is 7.37. The van der Waals surface area contributed by atoms with Gasteiger partial charge >= 0.3 is 0 Å². The molecule has 3 aromatic rings. The molecule has 0 radical (unpaired) electrons. The lowest BCUT2D eigenvalue weighted by molar-refractivity contribution is -0.126. The van der Waals surface area contributed by atoms with E-state index in [2.05, 4.69) is 20.6 Å². The van der Waals surface area contributed by atoms with E-state index < -0.39 is 6.04 Å². The van der Waals surface area contributed by atoms with E-state index in [0.717, 1.165) is 16.6 Å². The maximum absolute atomic E-state index is 12.8. The Balaban J connectivity index is 1.67. The number of para-hydroxylation sites is 2. The Morgan fingerprint density at radius 1 is 1.14 bits per heavy atom. The van der Waals surface area contributed by atoms with Gasteiger partial charge in [-0.05, 0) is 42.2 Å². The zero-order valence-corrected chi connectivity index (χ0v) is 16.9. The fourth-order valence-electron chi connectivity index (χ4n) is 3.13. The average Bonchev–Trinajstić information content (AvgIpc) is 3.09. The van der Waals surface area contributed by atoms with Crippen molar-refractivity contribution in [2.75, 3.05) is 12.4 Å². The van der Waals surface area contributed by atoms with Gasteiger partial charge in [0, 0.05) is 0 Å². The number of fused-ring (bicyclic) bond motifs is 1. The van der Waals surface area contributed by atoms with Crippen molar-refractivity contribution in [1.29, 1.82) is 0 Å². The largest absolute Gasteiger partial charge is 0.497 e. The Morgan fingerprint density at radius 2 is 1.93 bits per heavy atom. The molecule has 0 saturated carbocycles. The second kappa shape index (κ2) is 9.23. The molecule has 0 aliphatic carbocycles. The molecule has 152 valence electrons. The zero-order chi connectivity index (χ0) is 20.8. The topological polar surface area (TPSA) is 96.1 Å². The van der Waals surface area contributed by atoms with E-state index in [1.165, 1.54) is 0 Å².